The molecule has 2 aliphatic rings. The van der Waals surface area contributed by atoms with Crippen LogP contribution in [0.4, 0.5) is 0 Å². The first kappa shape index (κ1) is 17.4. The number of amides is 1. The minimum atomic E-state index is -0.531. The monoisotopic (exact) mass is 330 g/mol. The number of carbonyl (C=O) groups is 1. The summed E-state index contributed by atoms with van der Waals surface area (Å²) in [6, 6.07) is 8.34. The summed E-state index contributed by atoms with van der Waals surface area (Å²) in [5.74, 6) is 0.591. The van der Waals surface area contributed by atoms with Gasteiger partial charge in [-0.3, -0.25) is 4.79 Å². The number of likely N-dealkylation sites (tertiary alicyclic amines) is 1. The number of aliphatic hydroxyl groups is 1. The third-order valence-corrected chi connectivity index (χ3v) is 5.47. The second-order valence-corrected chi connectivity index (χ2v) is 8.22. The van der Waals surface area contributed by atoms with Crippen molar-refractivity contribution in [2.75, 3.05) is 19.6 Å². The summed E-state index contributed by atoms with van der Waals surface area (Å²) in [5, 5.41) is 13.1. The summed E-state index contributed by atoms with van der Waals surface area (Å²) in [6.07, 6.45) is 2.15. The highest BCUT2D eigenvalue weighted by Gasteiger charge is 2.36. The lowest BCUT2D eigenvalue weighted by Gasteiger charge is -2.36. The molecular formula is C20H30N2O2. The molecule has 3 rings (SSSR count). The van der Waals surface area contributed by atoms with E-state index in [2.05, 4.69) is 50.4 Å². The summed E-state index contributed by atoms with van der Waals surface area (Å²) < 4.78 is 0. The second-order valence-electron chi connectivity index (χ2n) is 8.22. The molecule has 2 fully saturated rings. The Balaban J connectivity index is 1.67. The summed E-state index contributed by atoms with van der Waals surface area (Å²) in [6.45, 7) is 9.08. The third kappa shape index (κ3) is 3.50. The van der Waals surface area contributed by atoms with Crippen LogP contribution in [0.1, 0.15) is 57.1 Å². The average molecular weight is 330 g/mol. The normalized spacial score (nSPS) is 25.9. The van der Waals surface area contributed by atoms with E-state index in [-0.39, 0.29) is 11.3 Å². The van der Waals surface area contributed by atoms with Gasteiger partial charge in [-0.1, -0.05) is 45.0 Å². The van der Waals surface area contributed by atoms with E-state index in [1.165, 1.54) is 11.1 Å². The van der Waals surface area contributed by atoms with Gasteiger partial charge in [0.25, 0.3) is 0 Å². The molecule has 0 spiro atoms. The first-order valence-electron chi connectivity index (χ1n) is 9.17. The highest BCUT2D eigenvalue weighted by atomic mass is 16.3. The van der Waals surface area contributed by atoms with Gasteiger partial charge in [0.1, 0.15) is 6.04 Å². The topological polar surface area (TPSA) is 52.6 Å². The number of aliphatic hydroxyl groups excluding tert-OH is 1. The predicted octanol–water partition coefficient (Wildman–Crippen LogP) is 2.41. The van der Waals surface area contributed by atoms with E-state index < -0.39 is 12.1 Å². The number of hydrogen-bond donors (Lipinski definition) is 2. The maximum atomic E-state index is 12.6. The maximum Gasteiger partial charge on any atom is 0.242 e. The lowest BCUT2D eigenvalue weighted by Crippen LogP contribution is -2.50. The molecule has 0 aliphatic carbocycles. The average Bonchev–Trinajstić information content (AvgIpc) is 2.99. The van der Waals surface area contributed by atoms with E-state index in [1.54, 1.807) is 0 Å². The number of benzene rings is 1. The number of carbonyl (C=O) groups excluding carboxylic acids is 1. The first-order chi connectivity index (χ1) is 11.4. The zero-order valence-electron chi connectivity index (χ0n) is 15.1. The Morgan fingerprint density at radius 3 is 2.42 bits per heavy atom. The van der Waals surface area contributed by atoms with Gasteiger partial charge >= 0.3 is 0 Å². The molecule has 1 amide bonds. The van der Waals surface area contributed by atoms with E-state index in [0.717, 1.165) is 32.5 Å². The van der Waals surface area contributed by atoms with Crippen molar-refractivity contribution in [2.45, 2.75) is 63.5 Å². The quantitative estimate of drug-likeness (QED) is 0.875. The van der Waals surface area contributed by atoms with E-state index in [1.807, 2.05) is 4.90 Å². The molecule has 132 valence electrons. The lowest BCUT2D eigenvalue weighted by molar-refractivity contribution is -0.136. The third-order valence-electron chi connectivity index (χ3n) is 5.47. The second kappa shape index (κ2) is 6.85. The molecule has 0 bridgehead atoms. The minimum absolute atomic E-state index is 0.0718. The van der Waals surface area contributed by atoms with Gasteiger partial charge in [0.05, 0.1) is 6.10 Å². The Morgan fingerprint density at radius 1 is 1.17 bits per heavy atom. The van der Waals surface area contributed by atoms with Gasteiger partial charge < -0.3 is 15.3 Å². The summed E-state index contributed by atoms with van der Waals surface area (Å²) in [5.41, 5.74) is 3.00. The van der Waals surface area contributed by atoms with E-state index >= 15 is 0 Å². The predicted molar refractivity (Wildman–Crippen MR) is 96.1 cm³/mol. The number of rotatable bonds is 2. The molecule has 1 aromatic rings. The molecule has 2 saturated heterocycles. The number of piperidine rings is 1. The van der Waals surface area contributed by atoms with Crippen molar-refractivity contribution >= 4 is 5.91 Å². The molecule has 2 atom stereocenters. The fourth-order valence-corrected chi connectivity index (χ4v) is 4.08. The molecule has 2 N–H and O–H groups in total. The van der Waals surface area contributed by atoms with E-state index in [9.17, 15) is 9.90 Å². The molecular weight excluding hydrogens is 300 g/mol. The smallest absolute Gasteiger partial charge is 0.242 e. The van der Waals surface area contributed by atoms with Crippen LogP contribution in [-0.4, -0.2) is 47.7 Å². The van der Waals surface area contributed by atoms with Gasteiger partial charge in [-0.15, -0.1) is 0 Å². The van der Waals surface area contributed by atoms with Crippen LogP contribution in [0.3, 0.4) is 0 Å². The highest BCUT2D eigenvalue weighted by Crippen LogP contribution is 2.35. The number of hydrogen-bond acceptors (Lipinski definition) is 3. The SMILES string of the molecule is CC(C)(C)c1ccccc1C1CCN(C(=O)C2NCC[C@@H]2O)CC1. The van der Waals surface area contributed by atoms with Crippen LogP contribution in [-0.2, 0) is 10.2 Å². The van der Waals surface area contributed by atoms with Crippen molar-refractivity contribution in [3.8, 4) is 0 Å². The van der Waals surface area contributed by atoms with Crippen molar-refractivity contribution in [3.05, 3.63) is 35.4 Å². The Kier molecular flexibility index (Phi) is 4.97. The molecule has 0 aromatic heterocycles. The summed E-state index contributed by atoms with van der Waals surface area (Å²) in [4.78, 5) is 14.5. The molecule has 1 unspecified atom stereocenters. The lowest BCUT2D eigenvalue weighted by atomic mass is 9.77. The van der Waals surface area contributed by atoms with Gasteiger partial charge in [0, 0.05) is 13.1 Å². The van der Waals surface area contributed by atoms with Crippen LogP contribution in [0, 0.1) is 0 Å². The highest BCUT2D eigenvalue weighted by molar-refractivity contribution is 5.83. The van der Waals surface area contributed by atoms with Crippen LogP contribution < -0.4 is 5.32 Å². The maximum absolute atomic E-state index is 12.6. The van der Waals surface area contributed by atoms with Crippen LogP contribution >= 0.6 is 0 Å². The zero-order valence-corrected chi connectivity index (χ0v) is 15.1. The van der Waals surface area contributed by atoms with Gasteiger partial charge in [0.2, 0.25) is 5.91 Å². The molecule has 24 heavy (non-hydrogen) atoms. The first-order valence-corrected chi connectivity index (χ1v) is 9.17. The minimum Gasteiger partial charge on any atom is -0.391 e. The molecule has 4 nitrogen and oxygen atoms in total. The van der Waals surface area contributed by atoms with Crippen molar-refractivity contribution < 1.29 is 9.90 Å². The number of nitrogens with one attached hydrogen (secondary N) is 1. The fraction of sp³-hybridized carbons (Fsp3) is 0.650. The van der Waals surface area contributed by atoms with Crippen LogP contribution in [0.2, 0.25) is 0 Å². The van der Waals surface area contributed by atoms with Gasteiger partial charge in [-0.25, -0.2) is 0 Å². The largest absolute Gasteiger partial charge is 0.391 e. The molecule has 2 heterocycles. The Hall–Kier alpha value is -1.39. The van der Waals surface area contributed by atoms with Crippen molar-refractivity contribution in [2.24, 2.45) is 0 Å². The molecule has 2 aliphatic heterocycles. The summed E-state index contributed by atoms with van der Waals surface area (Å²) >= 11 is 0. The molecule has 4 heteroatoms. The number of nitrogens with zero attached hydrogens (tertiary/aromatic N) is 1. The standard InChI is InChI=1S/C20H30N2O2/c1-20(2,3)16-7-5-4-6-15(16)14-9-12-22(13-10-14)19(24)18-17(23)8-11-21-18/h4-7,14,17-18,21,23H,8-13H2,1-3H3/t17-,18?/m0/s1. The molecule has 0 radical (unpaired) electrons. The van der Waals surface area contributed by atoms with Gasteiger partial charge in [0.15, 0.2) is 0 Å². The van der Waals surface area contributed by atoms with Crippen LogP contribution in [0.15, 0.2) is 24.3 Å². The van der Waals surface area contributed by atoms with Crippen molar-refractivity contribution in [1.29, 1.82) is 0 Å². The van der Waals surface area contributed by atoms with Gasteiger partial charge in [-0.05, 0) is 48.3 Å². The Morgan fingerprint density at radius 2 is 1.83 bits per heavy atom. The van der Waals surface area contributed by atoms with Crippen molar-refractivity contribution in [1.82, 2.24) is 10.2 Å². The summed E-state index contributed by atoms with van der Waals surface area (Å²) in [7, 11) is 0. The Labute approximate surface area is 145 Å². The van der Waals surface area contributed by atoms with E-state index in [4.69, 9.17) is 0 Å². The van der Waals surface area contributed by atoms with Crippen LogP contribution in [0.5, 0.6) is 0 Å². The van der Waals surface area contributed by atoms with Gasteiger partial charge in [-0.2, -0.15) is 0 Å². The van der Waals surface area contributed by atoms with E-state index in [0.29, 0.717) is 12.3 Å². The fourth-order valence-electron chi connectivity index (χ4n) is 4.08. The molecule has 1 aromatic carbocycles. The molecule has 0 saturated carbocycles. The van der Waals surface area contributed by atoms with Crippen molar-refractivity contribution in [3.63, 3.8) is 0 Å². The van der Waals surface area contributed by atoms with Crippen LogP contribution in [0.25, 0.3) is 0 Å². The zero-order chi connectivity index (χ0) is 17.3. The Bertz CT molecular complexity index is 586.